The lowest BCUT2D eigenvalue weighted by Crippen LogP contribution is -2.61. The third-order valence-electron chi connectivity index (χ3n) is 13.0. The molecule has 0 N–H and O–H groups in total. The van der Waals surface area contributed by atoms with Crippen LogP contribution in [0.5, 0.6) is 0 Å². The zero-order valence-electron chi connectivity index (χ0n) is 34.3. The summed E-state index contributed by atoms with van der Waals surface area (Å²) in [6.07, 6.45) is 0. The zero-order chi connectivity index (χ0) is 40.0. The molecular weight excluding hydrogens is 713 g/mol. The number of fused-ring (bicyclic) bond motifs is 7. The fourth-order valence-corrected chi connectivity index (χ4v) is 10.1. The third-order valence-corrected chi connectivity index (χ3v) is 13.0. The van der Waals surface area contributed by atoms with E-state index < -0.39 is 0 Å². The predicted molar refractivity (Wildman–Crippen MR) is 251 cm³/mol. The van der Waals surface area contributed by atoms with E-state index in [4.69, 9.17) is 0 Å². The van der Waals surface area contributed by atoms with Gasteiger partial charge in [-0.1, -0.05) is 144 Å². The summed E-state index contributed by atoms with van der Waals surface area (Å²) in [5, 5.41) is 0. The lowest BCUT2D eigenvalue weighted by molar-refractivity contribution is 0.590. The van der Waals surface area contributed by atoms with Crippen LogP contribution in [0.4, 0.5) is 51.2 Å². The molecule has 0 atom stereocenters. The fraction of sp³-hybridized carbons (Fsp3) is 0.127. The first kappa shape index (κ1) is 35.4. The minimum Gasteiger partial charge on any atom is -0.311 e. The Bertz CT molecular complexity index is 2870. The molecule has 3 aliphatic rings. The molecule has 0 saturated carbocycles. The highest BCUT2D eigenvalue weighted by atomic mass is 15.2. The van der Waals surface area contributed by atoms with Crippen molar-refractivity contribution in [2.24, 2.45) is 0 Å². The first-order valence-corrected chi connectivity index (χ1v) is 20.9. The minimum atomic E-state index is -0.111. The van der Waals surface area contributed by atoms with Gasteiger partial charge in [-0.3, -0.25) is 0 Å². The molecular formula is C55H46BN3. The summed E-state index contributed by atoms with van der Waals surface area (Å²) in [5.41, 5.74) is 21.1. The number of para-hydroxylation sites is 4. The Morgan fingerprint density at radius 1 is 0.441 bits per heavy atom. The number of hydrogen-bond acceptors (Lipinski definition) is 3. The van der Waals surface area contributed by atoms with Crippen LogP contribution < -0.4 is 31.1 Å². The molecule has 0 amide bonds. The van der Waals surface area contributed by atoms with E-state index in [0.29, 0.717) is 0 Å². The molecule has 0 saturated heterocycles. The maximum atomic E-state index is 2.56. The van der Waals surface area contributed by atoms with E-state index in [1.165, 1.54) is 72.6 Å². The SMILES string of the molecule is CC(C)(C)c1cc2c3c(c1)N(c1ccccc1)c1cc(N(c4ccccc4)c4ccccc4)ccc1B3c1ccccc1N2c1ccc2c(c1)C(C)(C)c1ccccc1-2. The third kappa shape index (κ3) is 5.43. The van der Waals surface area contributed by atoms with Crippen molar-refractivity contribution in [2.45, 2.75) is 45.4 Å². The Hall–Kier alpha value is -6.78. The molecule has 2 heterocycles. The van der Waals surface area contributed by atoms with Crippen molar-refractivity contribution in [3.8, 4) is 11.1 Å². The minimum absolute atomic E-state index is 0.0301. The van der Waals surface area contributed by atoms with Crippen molar-refractivity contribution >= 4 is 74.3 Å². The summed E-state index contributed by atoms with van der Waals surface area (Å²) in [6.45, 7) is 11.8. The number of nitrogens with zero attached hydrogens (tertiary/aromatic N) is 3. The average molecular weight is 760 g/mol. The molecule has 4 heteroatoms. The summed E-state index contributed by atoms with van der Waals surface area (Å²) in [6, 6.07) is 69.8. The number of rotatable bonds is 5. The monoisotopic (exact) mass is 759 g/mol. The summed E-state index contributed by atoms with van der Waals surface area (Å²) in [4.78, 5) is 7.47. The molecule has 0 aromatic heterocycles. The summed E-state index contributed by atoms with van der Waals surface area (Å²) < 4.78 is 0. The summed E-state index contributed by atoms with van der Waals surface area (Å²) in [7, 11) is 0. The normalized spacial score (nSPS) is 14.2. The van der Waals surface area contributed by atoms with Gasteiger partial charge in [-0.15, -0.1) is 0 Å². The van der Waals surface area contributed by atoms with Gasteiger partial charge in [-0.2, -0.15) is 0 Å². The van der Waals surface area contributed by atoms with E-state index in [0.717, 1.165) is 22.7 Å². The molecule has 8 aromatic carbocycles. The second-order valence-electron chi connectivity index (χ2n) is 17.8. The van der Waals surface area contributed by atoms with Crippen molar-refractivity contribution < 1.29 is 0 Å². The van der Waals surface area contributed by atoms with Crippen molar-refractivity contribution in [1.29, 1.82) is 0 Å². The first-order valence-electron chi connectivity index (χ1n) is 20.9. The highest BCUT2D eigenvalue weighted by Gasteiger charge is 2.45. The van der Waals surface area contributed by atoms with E-state index >= 15 is 0 Å². The molecule has 2 aliphatic heterocycles. The molecule has 8 aromatic rings. The highest BCUT2D eigenvalue weighted by molar-refractivity contribution is 7.00. The van der Waals surface area contributed by atoms with E-state index in [9.17, 15) is 0 Å². The number of benzene rings is 8. The smallest absolute Gasteiger partial charge is 0.252 e. The van der Waals surface area contributed by atoms with Crippen LogP contribution in [-0.2, 0) is 10.8 Å². The maximum absolute atomic E-state index is 2.56. The Morgan fingerprint density at radius 3 is 1.68 bits per heavy atom. The molecule has 1 aliphatic carbocycles. The summed E-state index contributed by atoms with van der Waals surface area (Å²) >= 11 is 0. The highest BCUT2D eigenvalue weighted by Crippen LogP contribution is 2.52. The molecule has 11 rings (SSSR count). The molecule has 0 unspecified atom stereocenters. The van der Waals surface area contributed by atoms with Gasteiger partial charge in [0.05, 0.1) is 0 Å². The van der Waals surface area contributed by atoms with Gasteiger partial charge in [-0.25, -0.2) is 0 Å². The Balaban J connectivity index is 1.18. The first-order chi connectivity index (χ1) is 28.7. The van der Waals surface area contributed by atoms with Gasteiger partial charge in [0.2, 0.25) is 0 Å². The number of hydrogen-bond donors (Lipinski definition) is 0. The average Bonchev–Trinajstić information content (AvgIpc) is 3.49. The van der Waals surface area contributed by atoms with E-state index in [1.807, 2.05) is 0 Å². The van der Waals surface area contributed by atoms with Crippen molar-refractivity contribution in [3.05, 3.63) is 205 Å². The van der Waals surface area contributed by atoms with Crippen LogP contribution in [0.25, 0.3) is 11.1 Å². The zero-order valence-corrected chi connectivity index (χ0v) is 34.3. The van der Waals surface area contributed by atoms with Crippen LogP contribution in [0.3, 0.4) is 0 Å². The molecule has 59 heavy (non-hydrogen) atoms. The maximum Gasteiger partial charge on any atom is 0.252 e. The predicted octanol–water partition coefficient (Wildman–Crippen LogP) is 12.8. The Kier molecular flexibility index (Phi) is 7.87. The lowest BCUT2D eigenvalue weighted by Gasteiger charge is -2.45. The largest absolute Gasteiger partial charge is 0.311 e. The summed E-state index contributed by atoms with van der Waals surface area (Å²) in [5.74, 6) is 0. The quantitative estimate of drug-likeness (QED) is 0.162. The van der Waals surface area contributed by atoms with Gasteiger partial charge in [0, 0.05) is 56.6 Å². The van der Waals surface area contributed by atoms with Gasteiger partial charge in [0.25, 0.3) is 6.71 Å². The topological polar surface area (TPSA) is 9.72 Å². The van der Waals surface area contributed by atoms with Crippen molar-refractivity contribution in [1.82, 2.24) is 0 Å². The second kappa shape index (κ2) is 13.1. The van der Waals surface area contributed by atoms with E-state index in [1.54, 1.807) is 0 Å². The van der Waals surface area contributed by atoms with Crippen LogP contribution in [0.15, 0.2) is 188 Å². The molecule has 0 radical (unpaired) electrons. The Labute approximate surface area is 348 Å². The van der Waals surface area contributed by atoms with Gasteiger partial charge < -0.3 is 14.7 Å². The molecule has 284 valence electrons. The Morgan fingerprint density at radius 2 is 1.00 bits per heavy atom. The van der Waals surface area contributed by atoms with Crippen molar-refractivity contribution in [2.75, 3.05) is 14.7 Å². The number of anilines is 9. The molecule has 3 nitrogen and oxygen atoms in total. The van der Waals surface area contributed by atoms with Crippen LogP contribution in [-0.4, -0.2) is 6.71 Å². The van der Waals surface area contributed by atoms with Crippen LogP contribution in [0.1, 0.15) is 51.3 Å². The van der Waals surface area contributed by atoms with E-state index in [2.05, 4.69) is 237 Å². The second-order valence-corrected chi connectivity index (χ2v) is 17.8. The lowest BCUT2D eigenvalue weighted by atomic mass is 9.33. The van der Waals surface area contributed by atoms with Gasteiger partial charge in [-0.05, 0) is 128 Å². The van der Waals surface area contributed by atoms with Gasteiger partial charge >= 0.3 is 0 Å². The van der Waals surface area contributed by atoms with Crippen molar-refractivity contribution in [3.63, 3.8) is 0 Å². The van der Waals surface area contributed by atoms with Gasteiger partial charge in [0.15, 0.2) is 0 Å². The van der Waals surface area contributed by atoms with E-state index in [-0.39, 0.29) is 17.5 Å². The molecule has 0 bridgehead atoms. The molecule has 0 spiro atoms. The van der Waals surface area contributed by atoms with Gasteiger partial charge in [0.1, 0.15) is 0 Å². The van der Waals surface area contributed by atoms with Crippen LogP contribution in [0, 0.1) is 0 Å². The standard InChI is InChI=1S/C55H46BN3/c1-54(2,3)37-33-51-53-52(34-37)59(41-29-31-44-43-25-15-16-26-45(43)55(4,5)46(44)35-41)49-28-18-17-27-47(49)56(53)48-32-30-42(36-50(48)58(51)40-23-13-8-14-24-40)57(38-19-9-6-10-20-38)39-21-11-7-12-22-39/h6-36H,1-5H3. The van der Waals surface area contributed by atoms with Crippen LogP contribution in [0.2, 0.25) is 0 Å². The fourth-order valence-electron chi connectivity index (χ4n) is 10.1. The molecule has 0 fully saturated rings. The van der Waals surface area contributed by atoms with Crippen LogP contribution >= 0.6 is 0 Å².